The zero-order valence-electron chi connectivity index (χ0n) is 9.27. The molecule has 7 heteroatoms. The van der Waals surface area contributed by atoms with E-state index in [0.29, 0.717) is 39.5 Å². The van der Waals surface area contributed by atoms with Gasteiger partial charge in [0.05, 0.1) is 26.4 Å². The molecule has 15 heavy (non-hydrogen) atoms. The highest BCUT2D eigenvalue weighted by atomic mass is 31.2. The van der Waals surface area contributed by atoms with Gasteiger partial charge < -0.3 is 4.74 Å². The summed E-state index contributed by atoms with van der Waals surface area (Å²) < 4.78 is 27.4. The smallest absolute Gasteiger partial charge is 0.379 e. The Bertz CT molecular complexity index is 211. The van der Waals surface area contributed by atoms with E-state index in [1.54, 1.807) is 13.8 Å². The Hall–Kier alpha value is 0.0300. The van der Waals surface area contributed by atoms with Crippen LogP contribution in [0.4, 0.5) is 0 Å². The molecule has 0 spiro atoms. The zero-order valence-corrected chi connectivity index (χ0v) is 10.2. The molecular formula is C8H19N2O4P. The van der Waals surface area contributed by atoms with E-state index in [1.807, 2.05) is 5.01 Å². The topological polar surface area (TPSA) is 60.0 Å². The van der Waals surface area contributed by atoms with E-state index >= 15 is 0 Å². The van der Waals surface area contributed by atoms with Gasteiger partial charge in [0.2, 0.25) is 0 Å². The fourth-order valence-electron chi connectivity index (χ4n) is 1.27. The second-order valence-electron chi connectivity index (χ2n) is 3.03. The first kappa shape index (κ1) is 13.1. The van der Waals surface area contributed by atoms with E-state index in [0.717, 1.165) is 0 Å². The van der Waals surface area contributed by atoms with Crippen LogP contribution in [0.2, 0.25) is 0 Å². The van der Waals surface area contributed by atoms with E-state index in [1.165, 1.54) is 0 Å². The molecule has 1 rings (SSSR count). The minimum absolute atomic E-state index is 0.356. The van der Waals surface area contributed by atoms with Crippen LogP contribution in [0.3, 0.4) is 0 Å². The van der Waals surface area contributed by atoms with Gasteiger partial charge >= 0.3 is 7.75 Å². The van der Waals surface area contributed by atoms with Gasteiger partial charge in [-0.1, -0.05) is 0 Å². The molecule has 0 aromatic heterocycles. The molecule has 1 heterocycles. The van der Waals surface area contributed by atoms with E-state index < -0.39 is 7.75 Å². The van der Waals surface area contributed by atoms with Crippen LogP contribution in [0.5, 0.6) is 0 Å². The molecule has 0 atom stereocenters. The molecule has 0 unspecified atom stereocenters. The molecule has 1 N–H and O–H groups in total. The van der Waals surface area contributed by atoms with Crippen molar-refractivity contribution in [1.82, 2.24) is 10.2 Å². The first-order valence-electron chi connectivity index (χ1n) is 5.20. The number of nitrogens with one attached hydrogen (secondary N) is 1. The summed E-state index contributed by atoms with van der Waals surface area (Å²) in [5.74, 6) is 0. The molecule has 0 aromatic carbocycles. The van der Waals surface area contributed by atoms with Crippen LogP contribution >= 0.6 is 7.75 Å². The molecule has 0 radical (unpaired) electrons. The summed E-state index contributed by atoms with van der Waals surface area (Å²) in [5.41, 5.74) is 0. The molecule has 0 saturated carbocycles. The average Bonchev–Trinajstić information content (AvgIpc) is 2.19. The molecular weight excluding hydrogens is 219 g/mol. The summed E-state index contributed by atoms with van der Waals surface area (Å²) in [6.07, 6.45) is 0. The Morgan fingerprint density at radius 3 is 2.27 bits per heavy atom. The minimum Gasteiger partial charge on any atom is -0.379 e. The Morgan fingerprint density at radius 1 is 1.27 bits per heavy atom. The van der Waals surface area contributed by atoms with Crippen molar-refractivity contribution in [2.45, 2.75) is 13.8 Å². The lowest BCUT2D eigenvalue weighted by molar-refractivity contribution is 0.0194. The maximum atomic E-state index is 12.0. The van der Waals surface area contributed by atoms with E-state index in [4.69, 9.17) is 13.8 Å². The fourth-order valence-corrected chi connectivity index (χ4v) is 2.69. The van der Waals surface area contributed by atoms with Crippen LogP contribution in [-0.2, 0) is 18.3 Å². The van der Waals surface area contributed by atoms with Gasteiger partial charge in [-0.25, -0.2) is 9.57 Å². The third-order valence-corrected chi connectivity index (χ3v) is 3.60. The Balaban J connectivity index is 2.45. The van der Waals surface area contributed by atoms with Crippen molar-refractivity contribution < 1.29 is 18.3 Å². The normalized spacial score (nSPS) is 19.3. The first-order chi connectivity index (χ1) is 7.20. The lowest BCUT2D eigenvalue weighted by Gasteiger charge is -2.30. The molecule has 0 bridgehead atoms. The lowest BCUT2D eigenvalue weighted by atomic mass is 10.5. The van der Waals surface area contributed by atoms with Crippen LogP contribution in [0, 0.1) is 0 Å². The van der Waals surface area contributed by atoms with Crippen molar-refractivity contribution in [3.05, 3.63) is 0 Å². The third kappa shape index (κ3) is 4.59. The summed E-state index contributed by atoms with van der Waals surface area (Å²) in [6.45, 7) is 6.91. The molecule has 0 aromatic rings. The largest absolute Gasteiger partial charge is 0.419 e. The summed E-state index contributed by atoms with van der Waals surface area (Å²) >= 11 is 0. The molecule has 6 nitrogen and oxygen atoms in total. The Kier molecular flexibility index (Phi) is 5.74. The van der Waals surface area contributed by atoms with Gasteiger partial charge in [-0.3, -0.25) is 9.05 Å². The summed E-state index contributed by atoms with van der Waals surface area (Å²) in [7, 11) is -3.17. The number of nitrogens with zero attached hydrogens (tertiary/aromatic N) is 1. The average molecular weight is 238 g/mol. The lowest BCUT2D eigenvalue weighted by Crippen LogP contribution is -2.44. The van der Waals surface area contributed by atoms with Crippen LogP contribution in [0.1, 0.15) is 13.8 Å². The fraction of sp³-hybridized carbons (Fsp3) is 1.00. The molecule has 1 saturated heterocycles. The first-order valence-corrected chi connectivity index (χ1v) is 6.74. The zero-order chi connectivity index (χ0) is 11.1. The van der Waals surface area contributed by atoms with Crippen LogP contribution in [0.25, 0.3) is 0 Å². The van der Waals surface area contributed by atoms with Gasteiger partial charge in [0, 0.05) is 13.1 Å². The second-order valence-corrected chi connectivity index (χ2v) is 4.74. The van der Waals surface area contributed by atoms with Crippen molar-refractivity contribution in [2.75, 3.05) is 39.5 Å². The van der Waals surface area contributed by atoms with Gasteiger partial charge in [0.1, 0.15) is 0 Å². The number of hydrazine groups is 1. The van der Waals surface area contributed by atoms with Crippen molar-refractivity contribution in [3.63, 3.8) is 0 Å². The van der Waals surface area contributed by atoms with Gasteiger partial charge in [0.15, 0.2) is 0 Å². The maximum absolute atomic E-state index is 12.0. The second kappa shape index (κ2) is 6.58. The predicted molar refractivity (Wildman–Crippen MR) is 56.4 cm³/mol. The highest BCUT2D eigenvalue weighted by molar-refractivity contribution is 7.51. The number of ether oxygens (including phenoxy) is 1. The standard InChI is InChI=1S/C8H19N2O4P/c1-3-13-15(11,14-4-2)9-10-5-7-12-8-6-10/h3-8H2,1-2H3,(H,9,11). The van der Waals surface area contributed by atoms with Gasteiger partial charge in [-0.2, -0.15) is 5.20 Å². The predicted octanol–water partition coefficient (Wildman–Crippen LogP) is 1.00. The van der Waals surface area contributed by atoms with Crippen molar-refractivity contribution in [3.8, 4) is 0 Å². The van der Waals surface area contributed by atoms with Gasteiger partial charge in [-0.05, 0) is 13.8 Å². The van der Waals surface area contributed by atoms with E-state index in [2.05, 4.69) is 5.20 Å². The van der Waals surface area contributed by atoms with Crippen molar-refractivity contribution in [1.29, 1.82) is 0 Å². The van der Waals surface area contributed by atoms with E-state index in [9.17, 15) is 4.57 Å². The third-order valence-electron chi connectivity index (χ3n) is 1.87. The Morgan fingerprint density at radius 2 is 1.80 bits per heavy atom. The Labute approximate surface area is 90.4 Å². The van der Waals surface area contributed by atoms with Crippen LogP contribution in [0.15, 0.2) is 0 Å². The number of rotatable bonds is 6. The molecule has 0 aliphatic carbocycles. The quantitative estimate of drug-likeness (QED) is 0.697. The molecule has 0 amide bonds. The minimum atomic E-state index is -3.17. The summed E-state index contributed by atoms with van der Waals surface area (Å²) in [4.78, 5) is 0. The summed E-state index contributed by atoms with van der Waals surface area (Å²) in [5, 5.41) is 4.61. The van der Waals surface area contributed by atoms with Gasteiger partial charge in [-0.15, -0.1) is 0 Å². The molecule has 1 aliphatic rings. The van der Waals surface area contributed by atoms with Crippen LogP contribution in [-0.4, -0.2) is 44.5 Å². The number of hydrogen-bond acceptors (Lipinski definition) is 5. The summed E-state index contributed by atoms with van der Waals surface area (Å²) in [6, 6.07) is 0. The van der Waals surface area contributed by atoms with Crippen molar-refractivity contribution in [2.24, 2.45) is 0 Å². The number of morpholine rings is 1. The molecule has 1 fully saturated rings. The highest BCUT2D eigenvalue weighted by Crippen LogP contribution is 2.43. The van der Waals surface area contributed by atoms with Gasteiger partial charge in [0.25, 0.3) is 0 Å². The molecule has 90 valence electrons. The SMILES string of the molecule is CCOP(=O)(NN1CCOCC1)OCC. The van der Waals surface area contributed by atoms with Crippen LogP contribution < -0.4 is 5.20 Å². The van der Waals surface area contributed by atoms with Crippen molar-refractivity contribution >= 4 is 7.75 Å². The maximum Gasteiger partial charge on any atom is 0.419 e. The van der Waals surface area contributed by atoms with E-state index in [-0.39, 0.29) is 0 Å². The highest BCUT2D eigenvalue weighted by Gasteiger charge is 2.27. The monoisotopic (exact) mass is 238 g/mol. The molecule has 1 aliphatic heterocycles. The number of hydrogen-bond donors (Lipinski definition) is 1.